The summed E-state index contributed by atoms with van der Waals surface area (Å²) in [4.78, 5) is 12.2. The lowest BCUT2D eigenvalue weighted by Crippen LogP contribution is -2.27. The molecule has 1 heterocycles. The van der Waals surface area contributed by atoms with Crippen molar-refractivity contribution >= 4 is 40.3 Å². The number of ether oxygens (including phenoxy) is 2. The molecule has 10 heteroatoms. The van der Waals surface area contributed by atoms with Gasteiger partial charge in [-0.3, -0.25) is 4.79 Å². The van der Waals surface area contributed by atoms with Gasteiger partial charge in [0.1, 0.15) is 0 Å². The lowest BCUT2D eigenvalue weighted by molar-refractivity contribution is -0.118. The summed E-state index contributed by atoms with van der Waals surface area (Å²) in [6.07, 6.45) is 0.692. The molecule has 0 saturated heterocycles. The molecule has 2 aromatic carbocycles. The van der Waals surface area contributed by atoms with E-state index in [1.54, 1.807) is 18.9 Å². The fourth-order valence-electron chi connectivity index (χ4n) is 2.58. The monoisotopic (exact) mass is 525 g/mol. The van der Waals surface area contributed by atoms with Gasteiger partial charge in [-0.05, 0) is 81.4 Å². The second kappa shape index (κ2) is 10.4. The molecule has 0 bridgehead atoms. The van der Waals surface area contributed by atoms with Crippen molar-refractivity contribution in [3.63, 3.8) is 0 Å². The highest BCUT2D eigenvalue weighted by Gasteiger charge is 2.12. The molecule has 29 heavy (non-hydrogen) atoms. The molecule has 0 unspecified atom stereocenters. The van der Waals surface area contributed by atoms with Crippen LogP contribution in [0.15, 0.2) is 47.6 Å². The molecule has 0 aliphatic carbocycles. The predicted molar refractivity (Wildman–Crippen MR) is 119 cm³/mol. The number of tetrazole rings is 1. The number of thioether (sulfide) groups is 1. The fraction of sp³-hybridized carbons (Fsp3) is 0.263. The first-order valence-electron chi connectivity index (χ1n) is 8.75. The van der Waals surface area contributed by atoms with Crippen LogP contribution >= 0.6 is 34.4 Å². The molecule has 8 nitrogen and oxygen atoms in total. The van der Waals surface area contributed by atoms with Gasteiger partial charge in [-0.25, -0.2) is 0 Å². The molecule has 3 aromatic rings. The van der Waals surface area contributed by atoms with Crippen LogP contribution in [0.1, 0.15) is 5.56 Å². The maximum atomic E-state index is 12.2. The SMILES string of the molecule is COc1ccc(CCNC(=O)CSc2nnnn2-c2ccc(I)cc2)cc1OC. The number of nitrogens with zero attached hydrogens (tertiary/aromatic N) is 4. The average Bonchev–Trinajstić information content (AvgIpc) is 3.21. The molecule has 0 fully saturated rings. The Hall–Kier alpha value is -2.34. The van der Waals surface area contributed by atoms with Crippen molar-refractivity contribution in [2.45, 2.75) is 11.6 Å². The fourth-order valence-corrected chi connectivity index (χ4v) is 3.66. The minimum Gasteiger partial charge on any atom is -0.493 e. The lowest BCUT2D eigenvalue weighted by Gasteiger charge is -2.10. The minimum absolute atomic E-state index is 0.0763. The van der Waals surface area contributed by atoms with Gasteiger partial charge in [0.25, 0.3) is 0 Å². The highest BCUT2D eigenvalue weighted by molar-refractivity contribution is 14.1. The van der Waals surface area contributed by atoms with Crippen LogP contribution in [-0.4, -0.2) is 52.6 Å². The highest BCUT2D eigenvalue weighted by Crippen LogP contribution is 2.27. The Morgan fingerprint density at radius 3 is 2.62 bits per heavy atom. The second-order valence-electron chi connectivity index (χ2n) is 5.93. The maximum Gasteiger partial charge on any atom is 0.230 e. The van der Waals surface area contributed by atoms with Gasteiger partial charge in [0, 0.05) is 10.1 Å². The number of hydrogen-bond donors (Lipinski definition) is 1. The van der Waals surface area contributed by atoms with Gasteiger partial charge in [0.05, 0.1) is 25.7 Å². The largest absolute Gasteiger partial charge is 0.493 e. The first kappa shape index (κ1) is 21.4. The quantitative estimate of drug-likeness (QED) is 0.340. The number of nitrogens with one attached hydrogen (secondary N) is 1. The van der Waals surface area contributed by atoms with Crippen molar-refractivity contribution in [1.29, 1.82) is 0 Å². The number of rotatable bonds is 9. The molecule has 3 rings (SSSR count). The number of halogens is 1. The van der Waals surface area contributed by atoms with Crippen LogP contribution in [-0.2, 0) is 11.2 Å². The van der Waals surface area contributed by atoms with E-state index in [0.29, 0.717) is 29.6 Å². The molecule has 1 N–H and O–H groups in total. The Morgan fingerprint density at radius 2 is 1.90 bits per heavy atom. The third-order valence-corrected chi connectivity index (χ3v) is 5.67. The molecule has 0 radical (unpaired) electrons. The van der Waals surface area contributed by atoms with E-state index in [2.05, 4.69) is 43.4 Å². The zero-order valence-corrected chi connectivity index (χ0v) is 18.9. The summed E-state index contributed by atoms with van der Waals surface area (Å²) in [5.74, 6) is 1.51. The van der Waals surface area contributed by atoms with Crippen molar-refractivity contribution in [2.24, 2.45) is 0 Å². The van der Waals surface area contributed by atoms with Gasteiger partial charge >= 0.3 is 0 Å². The van der Waals surface area contributed by atoms with Crippen molar-refractivity contribution in [1.82, 2.24) is 25.5 Å². The van der Waals surface area contributed by atoms with E-state index in [1.807, 2.05) is 42.5 Å². The molecule has 1 amide bonds. The van der Waals surface area contributed by atoms with E-state index < -0.39 is 0 Å². The van der Waals surface area contributed by atoms with Gasteiger partial charge in [-0.2, -0.15) is 4.68 Å². The van der Waals surface area contributed by atoms with E-state index in [9.17, 15) is 4.79 Å². The number of methoxy groups -OCH3 is 2. The Balaban J connectivity index is 1.49. The lowest BCUT2D eigenvalue weighted by atomic mass is 10.1. The third kappa shape index (κ3) is 5.82. The van der Waals surface area contributed by atoms with Crippen LogP contribution in [0.3, 0.4) is 0 Å². The number of carbonyl (C=O) groups is 1. The molecule has 0 atom stereocenters. The maximum absolute atomic E-state index is 12.2. The number of carbonyl (C=O) groups excluding carboxylic acids is 1. The van der Waals surface area contributed by atoms with Gasteiger partial charge in [0.15, 0.2) is 11.5 Å². The molecule has 0 aliphatic heterocycles. The summed E-state index contributed by atoms with van der Waals surface area (Å²) >= 11 is 3.53. The number of aromatic nitrogens is 4. The van der Waals surface area contributed by atoms with E-state index in [4.69, 9.17) is 9.47 Å². The zero-order valence-electron chi connectivity index (χ0n) is 16.0. The van der Waals surface area contributed by atoms with Crippen LogP contribution in [0, 0.1) is 3.57 Å². The van der Waals surface area contributed by atoms with Gasteiger partial charge < -0.3 is 14.8 Å². The summed E-state index contributed by atoms with van der Waals surface area (Å²) in [5, 5.41) is 15.2. The number of benzene rings is 2. The number of hydrogen-bond acceptors (Lipinski definition) is 7. The van der Waals surface area contributed by atoms with Gasteiger partial charge in [-0.1, -0.05) is 17.8 Å². The predicted octanol–water partition coefficient (Wildman–Crippen LogP) is 2.74. The van der Waals surface area contributed by atoms with E-state index in [-0.39, 0.29) is 11.7 Å². The first-order chi connectivity index (χ1) is 14.1. The number of amides is 1. The van der Waals surface area contributed by atoms with Crippen LogP contribution in [0.5, 0.6) is 11.5 Å². The molecular weight excluding hydrogens is 505 g/mol. The molecule has 0 saturated carbocycles. The smallest absolute Gasteiger partial charge is 0.230 e. The Morgan fingerprint density at radius 1 is 1.14 bits per heavy atom. The Labute approximate surface area is 186 Å². The summed E-state index contributed by atoms with van der Waals surface area (Å²) in [7, 11) is 3.20. The second-order valence-corrected chi connectivity index (χ2v) is 8.12. The van der Waals surface area contributed by atoms with E-state index >= 15 is 0 Å². The summed E-state index contributed by atoms with van der Waals surface area (Å²) in [5.41, 5.74) is 1.91. The Bertz CT molecular complexity index is 965. The van der Waals surface area contributed by atoms with E-state index in [1.165, 1.54) is 11.8 Å². The van der Waals surface area contributed by atoms with Crippen molar-refractivity contribution < 1.29 is 14.3 Å². The molecule has 0 aliphatic rings. The van der Waals surface area contributed by atoms with E-state index in [0.717, 1.165) is 14.8 Å². The first-order valence-corrected chi connectivity index (χ1v) is 10.8. The van der Waals surface area contributed by atoms with Crippen molar-refractivity contribution in [2.75, 3.05) is 26.5 Å². The summed E-state index contributed by atoms with van der Waals surface area (Å²) in [6, 6.07) is 13.6. The third-order valence-electron chi connectivity index (χ3n) is 4.03. The van der Waals surface area contributed by atoms with Crippen molar-refractivity contribution in [3.05, 3.63) is 51.6 Å². The standard InChI is InChI=1S/C19H20IN5O3S/c1-27-16-8-3-13(11-17(16)28-2)9-10-21-18(26)12-29-19-22-23-24-25(19)15-6-4-14(20)5-7-15/h3-8,11H,9-10,12H2,1-2H3,(H,21,26). The van der Waals surface area contributed by atoms with Crippen molar-refractivity contribution in [3.8, 4) is 17.2 Å². The minimum atomic E-state index is -0.0763. The molecular formula is C19H20IN5O3S. The van der Waals surface area contributed by atoms with Crippen LogP contribution in [0.4, 0.5) is 0 Å². The zero-order chi connectivity index (χ0) is 20.6. The van der Waals surface area contributed by atoms with Crippen LogP contribution in [0.25, 0.3) is 5.69 Å². The van der Waals surface area contributed by atoms with Crippen LogP contribution in [0.2, 0.25) is 0 Å². The molecule has 1 aromatic heterocycles. The van der Waals surface area contributed by atoms with Crippen LogP contribution < -0.4 is 14.8 Å². The Kier molecular flexibility index (Phi) is 7.69. The van der Waals surface area contributed by atoms with Gasteiger partial charge in [0.2, 0.25) is 11.1 Å². The van der Waals surface area contributed by atoms with Gasteiger partial charge in [-0.15, -0.1) is 5.10 Å². The normalized spacial score (nSPS) is 10.6. The highest BCUT2D eigenvalue weighted by atomic mass is 127. The summed E-state index contributed by atoms with van der Waals surface area (Å²) in [6.45, 7) is 0.525. The topological polar surface area (TPSA) is 91.2 Å². The molecule has 0 spiro atoms. The summed E-state index contributed by atoms with van der Waals surface area (Å²) < 4.78 is 13.3. The molecule has 152 valence electrons. The average molecular weight is 525 g/mol.